The number of benzene rings is 2. The Kier molecular flexibility index (Phi) is 6.78. The highest BCUT2D eigenvalue weighted by molar-refractivity contribution is 7.99. The van der Waals surface area contributed by atoms with Gasteiger partial charge in [-0.15, -0.1) is 5.10 Å². The van der Waals surface area contributed by atoms with Crippen molar-refractivity contribution in [2.75, 3.05) is 32.4 Å². The van der Waals surface area contributed by atoms with E-state index in [1.54, 1.807) is 16.8 Å². The number of anilines is 1. The molecule has 10 heteroatoms. The quantitative estimate of drug-likeness (QED) is 0.546. The van der Waals surface area contributed by atoms with E-state index in [2.05, 4.69) is 26.9 Å². The van der Waals surface area contributed by atoms with E-state index in [0.717, 1.165) is 16.8 Å². The summed E-state index contributed by atoms with van der Waals surface area (Å²) in [5.74, 6) is 1.28. The van der Waals surface area contributed by atoms with Crippen LogP contribution in [0.5, 0.6) is 17.2 Å². The molecule has 0 radical (unpaired) electrons. The largest absolute Gasteiger partial charge is 0.493 e. The number of hydrogen-bond acceptors (Lipinski definition) is 8. The summed E-state index contributed by atoms with van der Waals surface area (Å²) < 4.78 is 17.6. The van der Waals surface area contributed by atoms with Gasteiger partial charge in [-0.05, 0) is 35.9 Å². The first kappa shape index (κ1) is 21.4. The number of amides is 1. The zero-order valence-electron chi connectivity index (χ0n) is 17.4. The highest BCUT2D eigenvalue weighted by atomic mass is 32.2. The number of rotatable bonds is 8. The van der Waals surface area contributed by atoms with Crippen molar-refractivity contribution < 1.29 is 19.0 Å². The molecule has 0 saturated carbocycles. The Hall–Kier alpha value is -3.27. The maximum absolute atomic E-state index is 12.5. The number of nitrogens with one attached hydrogen (secondary N) is 1. The lowest BCUT2D eigenvalue weighted by Gasteiger charge is -2.14. The third-order valence-electron chi connectivity index (χ3n) is 4.30. The molecule has 0 unspecified atom stereocenters. The molecule has 3 rings (SSSR count). The van der Waals surface area contributed by atoms with E-state index in [4.69, 9.17) is 14.2 Å². The number of tetrazole rings is 1. The molecule has 30 heavy (non-hydrogen) atoms. The average Bonchev–Trinajstić information content (AvgIpc) is 3.19. The predicted molar refractivity (Wildman–Crippen MR) is 114 cm³/mol. The third-order valence-corrected chi connectivity index (χ3v) is 5.22. The minimum Gasteiger partial charge on any atom is -0.493 e. The molecule has 0 bridgehead atoms. The summed E-state index contributed by atoms with van der Waals surface area (Å²) >= 11 is 1.24. The molecule has 0 spiro atoms. The van der Waals surface area contributed by atoms with Crippen LogP contribution in [-0.4, -0.2) is 53.2 Å². The van der Waals surface area contributed by atoms with Crippen LogP contribution in [0.1, 0.15) is 11.1 Å². The molecule has 9 nitrogen and oxygen atoms in total. The highest BCUT2D eigenvalue weighted by Gasteiger charge is 2.16. The number of nitrogens with zero attached hydrogens (tertiary/aromatic N) is 4. The van der Waals surface area contributed by atoms with Crippen LogP contribution in [0.3, 0.4) is 0 Å². The van der Waals surface area contributed by atoms with Gasteiger partial charge in [-0.1, -0.05) is 29.5 Å². The van der Waals surface area contributed by atoms with E-state index < -0.39 is 0 Å². The van der Waals surface area contributed by atoms with Gasteiger partial charge in [-0.25, -0.2) is 0 Å². The Morgan fingerprint density at radius 3 is 2.37 bits per heavy atom. The van der Waals surface area contributed by atoms with Crippen LogP contribution in [0.2, 0.25) is 0 Å². The summed E-state index contributed by atoms with van der Waals surface area (Å²) in [6.45, 7) is 4.02. The van der Waals surface area contributed by atoms with E-state index in [1.807, 2.05) is 26.0 Å². The van der Waals surface area contributed by atoms with Crippen LogP contribution in [-0.2, 0) is 4.79 Å². The van der Waals surface area contributed by atoms with Gasteiger partial charge in [0, 0.05) is 17.8 Å². The average molecular weight is 430 g/mol. The Labute approximate surface area is 178 Å². The first-order valence-electron chi connectivity index (χ1n) is 9.05. The first-order valence-corrected chi connectivity index (χ1v) is 10.0. The lowest BCUT2D eigenvalue weighted by Crippen LogP contribution is -2.15. The van der Waals surface area contributed by atoms with E-state index in [1.165, 1.54) is 33.1 Å². The normalized spacial score (nSPS) is 10.6. The van der Waals surface area contributed by atoms with Crippen molar-refractivity contribution in [2.45, 2.75) is 19.0 Å². The summed E-state index contributed by atoms with van der Waals surface area (Å²) in [4.78, 5) is 12.5. The number of aryl methyl sites for hydroxylation is 2. The van der Waals surface area contributed by atoms with Gasteiger partial charge >= 0.3 is 0 Å². The Morgan fingerprint density at radius 2 is 1.77 bits per heavy atom. The van der Waals surface area contributed by atoms with E-state index in [9.17, 15) is 4.79 Å². The fourth-order valence-electron chi connectivity index (χ4n) is 2.94. The molecular formula is C20H23N5O4S. The molecule has 1 N–H and O–H groups in total. The number of methoxy groups -OCH3 is 3. The van der Waals surface area contributed by atoms with Gasteiger partial charge in [0.1, 0.15) is 0 Å². The molecule has 3 aromatic rings. The van der Waals surface area contributed by atoms with Gasteiger partial charge in [-0.3, -0.25) is 4.79 Å². The molecule has 0 aliphatic rings. The number of carbonyl (C=O) groups excluding carboxylic acids is 1. The molecule has 0 atom stereocenters. The number of hydrogen-bond donors (Lipinski definition) is 1. The summed E-state index contributed by atoms with van der Waals surface area (Å²) in [5, 5.41) is 15.2. The lowest BCUT2D eigenvalue weighted by atomic mass is 10.1. The molecule has 1 amide bonds. The van der Waals surface area contributed by atoms with Crippen molar-refractivity contribution >= 4 is 23.4 Å². The molecule has 0 saturated heterocycles. The molecule has 0 fully saturated rings. The maximum atomic E-state index is 12.5. The van der Waals surface area contributed by atoms with Crippen LogP contribution in [0, 0.1) is 13.8 Å². The van der Waals surface area contributed by atoms with Crippen molar-refractivity contribution in [3.8, 4) is 22.9 Å². The summed E-state index contributed by atoms with van der Waals surface area (Å²) in [5.41, 5.74) is 3.61. The van der Waals surface area contributed by atoms with Gasteiger partial charge in [0.05, 0.1) is 32.8 Å². The summed E-state index contributed by atoms with van der Waals surface area (Å²) in [6.07, 6.45) is 0. The summed E-state index contributed by atoms with van der Waals surface area (Å²) in [7, 11) is 4.56. The van der Waals surface area contributed by atoms with E-state index >= 15 is 0 Å². The first-order chi connectivity index (χ1) is 14.5. The number of aromatic nitrogens is 4. The van der Waals surface area contributed by atoms with Gasteiger partial charge in [0.15, 0.2) is 11.5 Å². The Bertz CT molecular complexity index is 1030. The highest BCUT2D eigenvalue weighted by Crippen LogP contribution is 2.40. The molecule has 0 aliphatic heterocycles. The second-order valence-corrected chi connectivity index (χ2v) is 7.36. The number of ether oxygens (including phenoxy) is 3. The van der Waals surface area contributed by atoms with E-state index in [-0.39, 0.29) is 11.7 Å². The lowest BCUT2D eigenvalue weighted by molar-refractivity contribution is -0.113. The molecule has 1 heterocycles. The second kappa shape index (κ2) is 9.49. The van der Waals surface area contributed by atoms with Crippen molar-refractivity contribution in [3.05, 3.63) is 41.5 Å². The number of thioether (sulfide) groups is 1. The fraction of sp³-hybridized carbons (Fsp3) is 0.300. The fourth-order valence-corrected chi connectivity index (χ4v) is 3.63. The van der Waals surface area contributed by atoms with Crippen LogP contribution in [0.4, 0.5) is 5.69 Å². The predicted octanol–water partition coefficient (Wildman–Crippen LogP) is 3.04. The van der Waals surface area contributed by atoms with Crippen molar-refractivity contribution in [2.24, 2.45) is 0 Å². The molecular weight excluding hydrogens is 406 g/mol. The SMILES string of the molecule is COc1cc(NC(=O)CSc2nnnn2-c2ccc(C)cc2C)cc(OC)c1OC. The topological polar surface area (TPSA) is 100 Å². The zero-order valence-corrected chi connectivity index (χ0v) is 18.2. The smallest absolute Gasteiger partial charge is 0.234 e. The second-order valence-electron chi connectivity index (χ2n) is 6.41. The standard InChI is InChI=1S/C20H23N5O4S/c1-12-6-7-15(13(2)8-12)25-20(22-23-24-25)30-11-18(26)21-14-9-16(27-3)19(29-5)17(10-14)28-4/h6-10H,11H2,1-5H3,(H,21,26). The van der Waals surface area contributed by atoms with Crippen LogP contribution in [0.15, 0.2) is 35.5 Å². The van der Waals surface area contributed by atoms with Crippen LogP contribution < -0.4 is 19.5 Å². The molecule has 1 aromatic heterocycles. The Balaban J connectivity index is 1.71. The molecule has 158 valence electrons. The zero-order chi connectivity index (χ0) is 21.7. The van der Waals surface area contributed by atoms with E-state index in [0.29, 0.717) is 28.1 Å². The molecule has 0 aliphatic carbocycles. The number of carbonyl (C=O) groups is 1. The third kappa shape index (κ3) is 4.65. The minimum atomic E-state index is -0.218. The van der Waals surface area contributed by atoms with Gasteiger partial charge in [-0.2, -0.15) is 4.68 Å². The Morgan fingerprint density at radius 1 is 1.07 bits per heavy atom. The summed E-state index contributed by atoms with van der Waals surface area (Å²) in [6, 6.07) is 9.35. The van der Waals surface area contributed by atoms with Crippen LogP contribution >= 0.6 is 11.8 Å². The van der Waals surface area contributed by atoms with Gasteiger partial charge < -0.3 is 19.5 Å². The van der Waals surface area contributed by atoms with Gasteiger partial charge in [0.2, 0.25) is 16.8 Å². The minimum absolute atomic E-state index is 0.127. The van der Waals surface area contributed by atoms with Crippen molar-refractivity contribution in [3.63, 3.8) is 0 Å². The maximum Gasteiger partial charge on any atom is 0.234 e. The van der Waals surface area contributed by atoms with Crippen molar-refractivity contribution in [1.82, 2.24) is 20.2 Å². The van der Waals surface area contributed by atoms with Crippen LogP contribution in [0.25, 0.3) is 5.69 Å². The van der Waals surface area contributed by atoms with Gasteiger partial charge in [0.25, 0.3) is 0 Å². The monoisotopic (exact) mass is 429 g/mol. The van der Waals surface area contributed by atoms with Crippen molar-refractivity contribution in [1.29, 1.82) is 0 Å². The molecule has 2 aromatic carbocycles.